The maximum absolute atomic E-state index is 13.2. The number of nitrogens with zero attached hydrogens (tertiary/aromatic N) is 3. The van der Waals surface area contributed by atoms with Crippen LogP contribution in [0.25, 0.3) is 0 Å². The van der Waals surface area contributed by atoms with E-state index in [4.69, 9.17) is 4.74 Å². The Morgan fingerprint density at radius 1 is 1.03 bits per heavy atom. The number of likely N-dealkylation sites (tertiary alicyclic amines) is 2. The van der Waals surface area contributed by atoms with Crippen molar-refractivity contribution in [3.05, 3.63) is 33.7 Å². The molecular formula is C23H33N3O3. The van der Waals surface area contributed by atoms with E-state index in [1.165, 1.54) is 19.3 Å². The number of pyridine rings is 1. The molecule has 0 unspecified atom stereocenters. The quantitative estimate of drug-likeness (QED) is 0.782. The molecule has 2 atom stereocenters. The largest absolute Gasteiger partial charge is 0.381 e. The fourth-order valence-corrected chi connectivity index (χ4v) is 5.85. The van der Waals surface area contributed by atoms with Gasteiger partial charge in [-0.3, -0.25) is 14.5 Å². The highest BCUT2D eigenvalue weighted by Gasteiger charge is 2.38. The van der Waals surface area contributed by atoms with E-state index in [2.05, 4.69) is 21.9 Å². The summed E-state index contributed by atoms with van der Waals surface area (Å²) in [6, 6.07) is 4.23. The van der Waals surface area contributed by atoms with Gasteiger partial charge < -0.3 is 14.2 Å². The van der Waals surface area contributed by atoms with E-state index in [1.807, 2.05) is 4.57 Å². The van der Waals surface area contributed by atoms with E-state index in [9.17, 15) is 9.59 Å². The Kier molecular flexibility index (Phi) is 5.48. The molecule has 29 heavy (non-hydrogen) atoms. The van der Waals surface area contributed by atoms with Crippen molar-refractivity contribution >= 4 is 5.91 Å². The van der Waals surface area contributed by atoms with Gasteiger partial charge in [-0.1, -0.05) is 12.5 Å². The lowest BCUT2D eigenvalue weighted by molar-refractivity contribution is -0.141. The maximum atomic E-state index is 13.2. The Bertz CT molecular complexity index is 808. The number of piperidine rings is 2. The lowest BCUT2D eigenvalue weighted by Crippen LogP contribution is -2.51. The minimum atomic E-state index is 0.122. The van der Waals surface area contributed by atoms with Crippen LogP contribution in [0.4, 0.5) is 0 Å². The second-order valence-electron chi connectivity index (χ2n) is 9.46. The van der Waals surface area contributed by atoms with Crippen LogP contribution in [0.2, 0.25) is 0 Å². The van der Waals surface area contributed by atoms with E-state index >= 15 is 0 Å². The van der Waals surface area contributed by atoms with Crippen LogP contribution in [0.1, 0.15) is 55.7 Å². The molecule has 0 radical (unpaired) electrons. The van der Waals surface area contributed by atoms with Gasteiger partial charge >= 0.3 is 0 Å². The van der Waals surface area contributed by atoms with Crippen LogP contribution in [0.3, 0.4) is 0 Å². The summed E-state index contributed by atoms with van der Waals surface area (Å²) in [7, 11) is 0. The highest BCUT2D eigenvalue weighted by atomic mass is 16.5. The van der Waals surface area contributed by atoms with Crippen LogP contribution < -0.4 is 5.56 Å². The molecular weight excluding hydrogens is 366 g/mol. The van der Waals surface area contributed by atoms with Gasteiger partial charge in [-0.05, 0) is 57.2 Å². The summed E-state index contributed by atoms with van der Waals surface area (Å²) in [5.41, 5.74) is 2.27. The first-order chi connectivity index (χ1) is 14.2. The van der Waals surface area contributed by atoms with Crippen LogP contribution in [0.5, 0.6) is 0 Å². The van der Waals surface area contributed by atoms with E-state index in [1.54, 1.807) is 0 Å². The standard InChI is InChI=1S/C23H33N3O3/c27-22(18-6-10-29-11-7-18)25-13-17-12-20(16-25)21-5-4-19(23(28)26(21)14-17)15-24-8-2-1-3-9-24/h4-5,17-18,20H,1-3,6-16H2/t17-,20+/m0/s1. The van der Waals surface area contributed by atoms with Gasteiger partial charge in [0.25, 0.3) is 5.56 Å². The number of hydrogen-bond acceptors (Lipinski definition) is 4. The first-order valence-corrected chi connectivity index (χ1v) is 11.5. The summed E-state index contributed by atoms with van der Waals surface area (Å²) in [5, 5.41) is 0. The second kappa shape index (κ2) is 8.23. The molecule has 6 nitrogen and oxygen atoms in total. The zero-order valence-corrected chi connectivity index (χ0v) is 17.4. The number of hydrogen-bond donors (Lipinski definition) is 0. The molecule has 0 aliphatic carbocycles. The summed E-state index contributed by atoms with van der Waals surface area (Å²) in [6.45, 7) is 6.72. The lowest BCUT2D eigenvalue weighted by Gasteiger charge is -2.44. The van der Waals surface area contributed by atoms with Gasteiger partial charge in [-0.2, -0.15) is 0 Å². The maximum Gasteiger partial charge on any atom is 0.255 e. The number of ether oxygens (including phenoxy) is 1. The molecule has 3 saturated heterocycles. The van der Waals surface area contributed by atoms with Gasteiger partial charge in [0, 0.05) is 62.5 Å². The van der Waals surface area contributed by atoms with Crippen molar-refractivity contribution in [3.63, 3.8) is 0 Å². The normalized spacial score (nSPS) is 28.2. The molecule has 3 fully saturated rings. The molecule has 2 bridgehead atoms. The predicted octanol–water partition coefficient (Wildman–Crippen LogP) is 2.21. The van der Waals surface area contributed by atoms with E-state index < -0.39 is 0 Å². The number of rotatable bonds is 3. The average molecular weight is 400 g/mol. The fraction of sp³-hybridized carbons (Fsp3) is 0.739. The first-order valence-electron chi connectivity index (χ1n) is 11.5. The predicted molar refractivity (Wildman–Crippen MR) is 111 cm³/mol. The molecule has 0 spiro atoms. The zero-order chi connectivity index (χ0) is 19.8. The fourth-order valence-electron chi connectivity index (χ4n) is 5.85. The second-order valence-corrected chi connectivity index (χ2v) is 9.46. The molecule has 1 aromatic rings. The Morgan fingerprint density at radius 2 is 1.83 bits per heavy atom. The molecule has 1 amide bonds. The minimum absolute atomic E-state index is 0.122. The average Bonchev–Trinajstić information content (AvgIpc) is 2.77. The number of aromatic nitrogens is 1. The zero-order valence-electron chi connectivity index (χ0n) is 17.4. The van der Waals surface area contributed by atoms with Gasteiger partial charge in [-0.15, -0.1) is 0 Å². The van der Waals surface area contributed by atoms with Crippen molar-refractivity contribution in [1.82, 2.24) is 14.4 Å². The molecule has 6 heteroatoms. The molecule has 4 aliphatic heterocycles. The lowest BCUT2D eigenvalue weighted by atomic mass is 9.82. The van der Waals surface area contributed by atoms with Crippen molar-refractivity contribution in [1.29, 1.82) is 0 Å². The Hall–Kier alpha value is -1.66. The molecule has 158 valence electrons. The van der Waals surface area contributed by atoms with Crippen LogP contribution in [-0.2, 0) is 22.6 Å². The third kappa shape index (κ3) is 3.89. The number of fused-ring (bicyclic) bond motifs is 4. The van der Waals surface area contributed by atoms with Crippen molar-refractivity contribution < 1.29 is 9.53 Å². The van der Waals surface area contributed by atoms with Gasteiger partial charge in [0.15, 0.2) is 0 Å². The van der Waals surface area contributed by atoms with Gasteiger partial charge in [-0.25, -0.2) is 0 Å². The Morgan fingerprint density at radius 3 is 2.62 bits per heavy atom. The Labute approximate surface area is 172 Å². The van der Waals surface area contributed by atoms with Crippen LogP contribution in [0.15, 0.2) is 16.9 Å². The molecule has 0 aromatic carbocycles. The number of carbonyl (C=O) groups excluding carboxylic acids is 1. The van der Waals surface area contributed by atoms with Crippen molar-refractivity contribution in [2.75, 3.05) is 39.4 Å². The van der Waals surface area contributed by atoms with Gasteiger partial charge in [0.1, 0.15) is 0 Å². The van der Waals surface area contributed by atoms with Crippen molar-refractivity contribution in [3.8, 4) is 0 Å². The smallest absolute Gasteiger partial charge is 0.255 e. The SMILES string of the molecule is O=C(C1CCOCC1)N1C[C@@H]2C[C@H](C1)c1ccc(CN3CCCCC3)c(=O)n1C2. The minimum Gasteiger partial charge on any atom is -0.381 e. The van der Waals surface area contributed by atoms with Crippen molar-refractivity contribution in [2.24, 2.45) is 11.8 Å². The third-order valence-corrected chi connectivity index (χ3v) is 7.41. The molecule has 0 saturated carbocycles. The molecule has 5 rings (SSSR count). The highest BCUT2D eigenvalue weighted by Crippen LogP contribution is 2.36. The van der Waals surface area contributed by atoms with Crippen LogP contribution >= 0.6 is 0 Å². The van der Waals surface area contributed by atoms with Crippen LogP contribution in [-0.4, -0.2) is 59.7 Å². The van der Waals surface area contributed by atoms with E-state index in [0.29, 0.717) is 31.0 Å². The summed E-state index contributed by atoms with van der Waals surface area (Å²) in [5.74, 6) is 1.12. The third-order valence-electron chi connectivity index (χ3n) is 7.41. The number of carbonyl (C=O) groups is 1. The summed E-state index contributed by atoms with van der Waals surface area (Å²) < 4.78 is 7.46. The van der Waals surface area contributed by atoms with E-state index in [-0.39, 0.29) is 11.5 Å². The molecule has 0 N–H and O–H groups in total. The first kappa shape index (κ1) is 19.3. The van der Waals surface area contributed by atoms with Gasteiger partial charge in [0.05, 0.1) is 0 Å². The summed E-state index contributed by atoms with van der Waals surface area (Å²) in [6.07, 6.45) is 6.59. The monoisotopic (exact) mass is 399 g/mol. The summed E-state index contributed by atoms with van der Waals surface area (Å²) in [4.78, 5) is 30.8. The molecule has 5 heterocycles. The highest BCUT2D eigenvalue weighted by molar-refractivity contribution is 5.79. The molecule has 4 aliphatic rings. The van der Waals surface area contributed by atoms with Crippen LogP contribution in [0, 0.1) is 11.8 Å². The van der Waals surface area contributed by atoms with Gasteiger partial charge in [0.2, 0.25) is 5.91 Å². The van der Waals surface area contributed by atoms with E-state index in [0.717, 1.165) is 69.8 Å². The molecule has 1 aromatic heterocycles. The number of amides is 1. The van der Waals surface area contributed by atoms with Crippen molar-refractivity contribution in [2.45, 2.75) is 57.5 Å². The Balaban J connectivity index is 1.33. The topological polar surface area (TPSA) is 54.8 Å². The summed E-state index contributed by atoms with van der Waals surface area (Å²) >= 11 is 0.